The third-order valence-electron chi connectivity index (χ3n) is 2.35. The standard InChI is InChI=1S/C11H8Cl2O4/c1-16-7-4-5(2-3-6(7)14)10-8(12)9(13)11(15)17-10/h2-4,10,14H,1H3. The molecular formula is C11H8Cl2O4. The van der Waals surface area contributed by atoms with Crippen LogP contribution in [-0.4, -0.2) is 18.2 Å². The Balaban J connectivity index is 2.40. The number of phenols is 1. The number of carbonyl (C=O) groups is 1. The molecule has 0 aromatic heterocycles. The number of cyclic esters (lactones) is 1. The lowest BCUT2D eigenvalue weighted by atomic mass is 10.1. The van der Waals surface area contributed by atoms with Crippen molar-refractivity contribution in [1.29, 1.82) is 0 Å². The summed E-state index contributed by atoms with van der Waals surface area (Å²) in [5.41, 5.74) is 0.577. The zero-order valence-electron chi connectivity index (χ0n) is 8.74. The van der Waals surface area contributed by atoms with Gasteiger partial charge >= 0.3 is 5.97 Å². The number of carbonyl (C=O) groups excluding carboxylic acids is 1. The molecule has 1 unspecified atom stereocenters. The van der Waals surface area contributed by atoms with Crippen LogP contribution in [-0.2, 0) is 9.53 Å². The number of halogens is 2. The Morgan fingerprint density at radius 2 is 2.12 bits per heavy atom. The van der Waals surface area contributed by atoms with Crippen LogP contribution in [0.5, 0.6) is 11.5 Å². The van der Waals surface area contributed by atoms with E-state index in [0.717, 1.165) is 0 Å². The number of phenolic OH excluding ortho intramolecular Hbond substituents is 1. The molecule has 1 aromatic carbocycles. The number of benzene rings is 1. The van der Waals surface area contributed by atoms with Crippen molar-refractivity contribution in [1.82, 2.24) is 0 Å². The van der Waals surface area contributed by atoms with Gasteiger partial charge < -0.3 is 14.6 Å². The largest absolute Gasteiger partial charge is 0.504 e. The van der Waals surface area contributed by atoms with Crippen LogP contribution in [0.3, 0.4) is 0 Å². The molecule has 1 N–H and O–H groups in total. The molecule has 17 heavy (non-hydrogen) atoms. The van der Waals surface area contributed by atoms with E-state index in [1.54, 1.807) is 6.07 Å². The Bertz CT molecular complexity index is 510. The van der Waals surface area contributed by atoms with Crippen molar-refractivity contribution < 1.29 is 19.4 Å². The maximum absolute atomic E-state index is 11.2. The molecule has 2 rings (SSSR count). The van der Waals surface area contributed by atoms with Gasteiger partial charge in [0.05, 0.1) is 12.1 Å². The quantitative estimate of drug-likeness (QED) is 0.843. The van der Waals surface area contributed by atoms with E-state index in [2.05, 4.69) is 0 Å². The molecule has 90 valence electrons. The number of hydrogen-bond acceptors (Lipinski definition) is 4. The predicted octanol–water partition coefficient (Wildman–Crippen LogP) is 2.69. The molecule has 0 saturated heterocycles. The van der Waals surface area contributed by atoms with Gasteiger partial charge in [0.2, 0.25) is 0 Å². The second kappa shape index (κ2) is 4.47. The summed E-state index contributed by atoms with van der Waals surface area (Å²) in [7, 11) is 1.42. The first-order valence-corrected chi connectivity index (χ1v) is 5.43. The highest BCUT2D eigenvalue weighted by Crippen LogP contribution is 2.41. The lowest BCUT2D eigenvalue weighted by molar-refractivity contribution is -0.139. The number of hydrogen-bond donors (Lipinski definition) is 1. The summed E-state index contributed by atoms with van der Waals surface area (Å²) in [6.07, 6.45) is -0.744. The van der Waals surface area contributed by atoms with Crippen molar-refractivity contribution in [2.75, 3.05) is 7.11 Å². The minimum Gasteiger partial charge on any atom is -0.504 e. The van der Waals surface area contributed by atoms with E-state index >= 15 is 0 Å². The van der Waals surface area contributed by atoms with Gasteiger partial charge in [0.15, 0.2) is 17.6 Å². The third-order valence-corrected chi connectivity index (χ3v) is 3.19. The van der Waals surface area contributed by atoms with Crippen LogP contribution in [0.4, 0.5) is 0 Å². The van der Waals surface area contributed by atoms with Crippen molar-refractivity contribution in [3.8, 4) is 11.5 Å². The zero-order valence-corrected chi connectivity index (χ0v) is 10.2. The topological polar surface area (TPSA) is 55.8 Å². The van der Waals surface area contributed by atoms with Gasteiger partial charge in [-0.3, -0.25) is 0 Å². The molecule has 1 aromatic rings. The second-order valence-electron chi connectivity index (χ2n) is 3.38. The molecule has 0 saturated carbocycles. The molecule has 0 aliphatic carbocycles. The first kappa shape index (κ1) is 12.1. The van der Waals surface area contributed by atoms with Gasteiger partial charge in [-0.15, -0.1) is 0 Å². The van der Waals surface area contributed by atoms with E-state index in [-0.39, 0.29) is 21.6 Å². The minimum absolute atomic E-state index is 0.00762. The average Bonchev–Trinajstić information content (AvgIpc) is 2.58. The lowest BCUT2D eigenvalue weighted by Gasteiger charge is -2.12. The highest BCUT2D eigenvalue weighted by atomic mass is 35.5. The summed E-state index contributed by atoms with van der Waals surface area (Å²) in [5.74, 6) is -0.397. The minimum atomic E-state index is -0.744. The fourth-order valence-corrected chi connectivity index (χ4v) is 1.89. The van der Waals surface area contributed by atoms with Crippen molar-refractivity contribution in [2.45, 2.75) is 6.10 Å². The van der Waals surface area contributed by atoms with Gasteiger partial charge in [-0.2, -0.15) is 0 Å². The Hall–Kier alpha value is -1.39. The van der Waals surface area contributed by atoms with E-state index in [1.165, 1.54) is 19.2 Å². The Kier molecular flexibility index (Phi) is 3.17. The zero-order chi connectivity index (χ0) is 12.6. The SMILES string of the molecule is COc1cc(C2OC(=O)C(Cl)=C2Cl)ccc1O. The van der Waals surface area contributed by atoms with Crippen molar-refractivity contribution in [3.05, 3.63) is 33.8 Å². The predicted molar refractivity (Wildman–Crippen MR) is 62.2 cm³/mol. The van der Waals surface area contributed by atoms with Crippen LogP contribution < -0.4 is 4.74 Å². The molecule has 1 aliphatic rings. The lowest BCUT2D eigenvalue weighted by Crippen LogP contribution is -2.02. The van der Waals surface area contributed by atoms with Gasteiger partial charge in [-0.05, 0) is 12.1 Å². The monoisotopic (exact) mass is 274 g/mol. The first-order valence-electron chi connectivity index (χ1n) is 4.67. The first-order chi connectivity index (χ1) is 8.04. The summed E-state index contributed by atoms with van der Waals surface area (Å²) in [5, 5.41) is 9.45. The maximum Gasteiger partial charge on any atom is 0.352 e. The molecule has 0 spiro atoms. The molecule has 6 heteroatoms. The number of rotatable bonds is 2. The number of ether oxygens (including phenoxy) is 2. The summed E-state index contributed by atoms with van der Waals surface area (Å²) in [4.78, 5) is 11.2. The van der Waals surface area contributed by atoms with E-state index in [9.17, 15) is 9.90 Å². The fourth-order valence-electron chi connectivity index (χ4n) is 1.49. The van der Waals surface area contributed by atoms with Crippen molar-refractivity contribution in [3.63, 3.8) is 0 Å². The van der Waals surface area contributed by atoms with Gasteiger partial charge in [0, 0.05) is 5.56 Å². The van der Waals surface area contributed by atoms with Crippen LogP contribution in [0.25, 0.3) is 0 Å². The molecule has 0 fully saturated rings. The molecule has 1 heterocycles. The van der Waals surface area contributed by atoms with Gasteiger partial charge in [-0.1, -0.05) is 29.3 Å². The van der Waals surface area contributed by atoms with Gasteiger partial charge in [-0.25, -0.2) is 4.79 Å². The van der Waals surface area contributed by atoms with E-state index in [4.69, 9.17) is 32.7 Å². The maximum atomic E-state index is 11.2. The second-order valence-corrected chi connectivity index (χ2v) is 4.16. The summed E-state index contributed by atoms with van der Waals surface area (Å²) in [6.45, 7) is 0. The van der Waals surface area contributed by atoms with E-state index < -0.39 is 12.1 Å². The van der Waals surface area contributed by atoms with Crippen LogP contribution >= 0.6 is 23.2 Å². The summed E-state index contributed by atoms with van der Waals surface area (Å²) in [6, 6.07) is 4.54. The number of esters is 1. The highest BCUT2D eigenvalue weighted by Gasteiger charge is 2.33. The van der Waals surface area contributed by atoms with E-state index in [1.807, 2.05) is 0 Å². The Morgan fingerprint density at radius 3 is 2.65 bits per heavy atom. The van der Waals surface area contributed by atoms with Crippen LogP contribution in [0, 0.1) is 0 Å². The molecule has 0 bridgehead atoms. The fraction of sp³-hybridized carbons (Fsp3) is 0.182. The molecular weight excluding hydrogens is 267 g/mol. The van der Waals surface area contributed by atoms with E-state index in [0.29, 0.717) is 5.56 Å². The average molecular weight is 275 g/mol. The summed E-state index contributed by atoms with van der Waals surface area (Å²) >= 11 is 11.5. The number of methoxy groups -OCH3 is 1. The Morgan fingerprint density at radius 1 is 1.41 bits per heavy atom. The molecule has 4 nitrogen and oxygen atoms in total. The normalized spacial score (nSPS) is 19.5. The van der Waals surface area contributed by atoms with Crippen molar-refractivity contribution in [2.24, 2.45) is 0 Å². The number of aromatic hydroxyl groups is 1. The van der Waals surface area contributed by atoms with Gasteiger partial charge in [0.25, 0.3) is 0 Å². The molecule has 1 aliphatic heterocycles. The third kappa shape index (κ3) is 2.06. The Labute approximate surface area is 107 Å². The smallest absolute Gasteiger partial charge is 0.352 e. The molecule has 1 atom stereocenters. The van der Waals surface area contributed by atoms with Gasteiger partial charge in [0.1, 0.15) is 5.03 Å². The van der Waals surface area contributed by atoms with Crippen LogP contribution in [0.2, 0.25) is 0 Å². The molecule has 0 amide bonds. The summed E-state index contributed by atoms with van der Waals surface area (Å²) < 4.78 is 9.95. The van der Waals surface area contributed by atoms with Crippen LogP contribution in [0.1, 0.15) is 11.7 Å². The van der Waals surface area contributed by atoms with Crippen LogP contribution in [0.15, 0.2) is 28.3 Å². The van der Waals surface area contributed by atoms with Crippen molar-refractivity contribution >= 4 is 29.2 Å². The molecule has 0 radical (unpaired) electrons. The highest BCUT2D eigenvalue weighted by molar-refractivity contribution is 6.48.